The smallest absolute Gasteiger partial charge is 0.134 e. The van der Waals surface area contributed by atoms with Crippen LogP contribution in [0.15, 0.2) is 0 Å². The molecule has 4 nitrogen and oxygen atoms in total. The van der Waals surface area contributed by atoms with Crippen molar-refractivity contribution in [3.63, 3.8) is 0 Å². The zero-order valence-corrected chi connectivity index (χ0v) is 14.2. The second kappa shape index (κ2) is 9.06. The van der Waals surface area contributed by atoms with E-state index in [1.807, 2.05) is 11.8 Å². The Morgan fingerprint density at radius 1 is 1.15 bits per heavy atom. The summed E-state index contributed by atoms with van der Waals surface area (Å²) in [6.07, 6.45) is 5.29. The van der Waals surface area contributed by atoms with Crippen molar-refractivity contribution in [2.45, 2.75) is 52.2 Å². The minimum Gasteiger partial charge on any atom is -0.370 e. The van der Waals surface area contributed by atoms with Crippen LogP contribution in [0.1, 0.15) is 45.0 Å². The molecule has 114 valence electrons. The minimum absolute atomic E-state index is 0.674. The molecular formula is C15H28N4S. The number of nitrogens with one attached hydrogen (secondary N) is 2. The van der Waals surface area contributed by atoms with Gasteiger partial charge in [0, 0.05) is 30.3 Å². The van der Waals surface area contributed by atoms with Gasteiger partial charge in [0.05, 0.1) is 0 Å². The van der Waals surface area contributed by atoms with Crippen LogP contribution in [0.5, 0.6) is 0 Å². The molecule has 0 saturated carbocycles. The number of nitrogens with zero attached hydrogens (tertiary/aromatic N) is 2. The lowest BCUT2D eigenvalue weighted by atomic mass is 10.2. The molecule has 0 saturated heterocycles. The van der Waals surface area contributed by atoms with E-state index in [9.17, 15) is 0 Å². The van der Waals surface area contributed by atoms with E-state index >= 15 is 0 Å². The summed E-state index contributed by atoms with van der Waals surface area (Å²) in [7, 11) is 0. The van der Waals surface area contributed by atoms with Gasteiger partial charge in [0.15, 0.2) is 0 Å². The number of hydrogen-bond acceptors (Lipinski definition) is 5. The third-order valence-electron chi connectivity index (χ3n) is 3.26. The molecule has 5 heteroatoms. The second-order valence-electron chi connectivity index (χ2n) is 5.00. The van der Waals surface area contributed by atoms with Gasteiger partial charge >= 0.3 is 0 Å². The Balaban J connectivity index is 2.81. The van der Waals surface area contributed by atoms with Gasteiger partial charge in [-0.1, -0.05) is 13.8 Å². The van der Waals surface area contributed by atoms with Gasteiger partial charge in [0.2, 0.25) is 0 Å². The van der Waals surface area contributed by atoms with E-state index in [1.54, 1.807) is 0 Å². The Kier molecular flexibility index (Phi) is 7.73. The molecule has 0 aliphatic heterocycles. The summed E-state index contributed by atoms with van der Waals surface area (Å²) in [6, 6.07) is 0. The first-order chi connectivity index (χ1) is 9.62. The fourth-order valence-electron chi connectivity index (χ4n) is 1.92. The SMILES string of the molecule is CCCc1nc(NCC)c(C)c(NCCC(C)SC)n1. The number of hydrogen-bond donors (Lipinski definition) is 2. The van der Waals surface area contributed by atoms with E-state index in [-0.39, 0.29) is 0 Å². The lowest BCUT2D eigenvalue weighted by Gasteiger charge is -2.15. The standard InChI is InChI=1S/C15H28N4S/c1-6-8-13-18-14(16-7-2)12(4)15(19-13)17-10-9-11(3)20-5/h11H,6-10H2,1-5H3,(H2,16,17,18,19). The molecule has 0 fully saturated rings. The van der Waals surface area contributed by atoms with Crippen LogP contribution in [0.2, 0.25) is 0 Å². The van der Waals surface area contributed by atoms with Crippen molar-refractivity contribution in [2.24, 2.45) is 0 Å². The Morgan fingerprint density at radius 3 is 2.35 bits per heavy atom. The molecule has 0 bridgehead atoms. The van der Waals surface area contributed by atoms with Crippen LogP contribution in [-0.4, -0.2) is 34.6 Å². The van der Waals surface area contributed by atoms with Crippen molar-refractivity contribution in [3.8, 4) is 0 Å². The molecule has 0 aromatic carbocycles. The van der Waals surface area contributed by atoms with Gasteiger partial charge in [-0.3, -0.25) is 0 Å². The maximum absolute atomic E-state index is 4.66. The lowest BCUT2D eigenvalue weighted by molar-refractivity contribution is 0.817. The van der Waals surface area contributed by atoms with Gasteiger partial charge in [0.1, 0.15) is 17.5 Å². The third-order valence-corrected chi connectivity index (χ3v) is 4.30. The molecule has 1 aromatic heterocycles. The molecule has 2 N–H and O–H groups in total. The van der Waals surface area contributed by atoms with E-state index < -0.39 is 0 Å². The first-order valence-corrected chi connectivity index (χ1v) is 8.79. The number of aryl methyl sites for hydroxylation is 1. The molecular weight excluding hydrogens is 268 g/mol. The predicted octanol–water partition coefficient (Wildman–Crippen LogP) is 3.72. The largest absolute Gasteiger partial charge is 0.370 e. The Hall–Kier alpha value is -0.970. The molecule has 1 unspecified atom stereocenters. The Labute approximate surface area is 127 Å². The summed E-state index contributed by atoms with van der Waals surface area (Å²) in [5.74, 6) is 2.87. The number of thioether (sulfide) groups is 1. The topological polar surface area (TPSA) is 49.8 Å². The third kappa shape index (κ3) is 5.19. The van der Waals surface area contributed by atoms with Crippen LogP contribution in [0.4, 0.5) is 11.6 Å². The summed E-state index contributed by atoms with van der Waals surface area (Å²) in [5.41, 5.74) is 1.11. The molecule has 1 aromatic rings. The highest BCUT2D eigenvalue weighted by Gasteiger charge is 2.10. The van der Waals surface area contributed by atoms with Crippen LogP contribution in [0, 0.1) is 6.92 Å². The lowest BCUT2D eigenvalue weighted by Crippen LogP contribution is -2.13. The van der Waals surface area contributed by atoms with E-state index in [0.717, 1.165) is 55.4 Å². The fraction of sp³-hybridized carbons (Fsp3) is 0.733. The van der Waals surface area contributed by atoms with Crippen molar-refractivity contribution in [1.29, 1.82) is 0 Å². The van der Waals surface area contributed by atoms with E-state index in [4.69, 9.17) is 0 Å². The summed E-state index contributed by atoms with van der Waals surface area (Å²) >= 11 is 1.90. The van der Waals surface area contributed by atoms with Gasteiger partial charge in [-0.2, -0.15) is 11.8 Å². The van der Waals surface area contributed by atoms with Crippen molar-refractivity contribution >= 4 is 23.4 Å². The first kappa shape index (κ1) is 17.1. The van der Waals surface area contributed by atoms with Gasteiger partial charge in [-0.25, -0.2) is 9.97 Å². The van der Waals surface area contributed by atoms with Crippen molar-refractivity contribution in [1.82, 2.24) is 9.97 Å². The number of aromatic nitrogens is 2. The minimum atomic E-state index is 0.674. The summed E-state index contributed by atoms with van der Waals surface area (Å²) in [6.45, 7) is 10.4. The summed E-state index contributed by atoms with van der Waals surface area (Å²) in [5, 5.41) is 7.48. The van der Waals surface area contributed by atoms with E-state index in [2.05, 4.69) is 54.6 Å². The second-order valence-corrected chi connectivity index (χ2v) is 6.28. The van der Waals surface area contributed by atoms with Crippen molar-refractivity contribution < 1.29 is 0 Å². The highest BCUT2D eigenvalue weighted by Crippen LogP contribution is 2.21. The molecule has 20 heavy (non-hydrogen) atoms. The average Bonchev–Trinajstić information content (AvgIpc) is 2.43. The average molecular weight is 296 g/mol. The zero-order valence-electron chi connectivity index (χ0n) is 13.4. The quantitative estimate of drug-likeness (QED) is 0.727. The van der Waals surface area contributed by atoms with Crippen molar-refractivity contribution in [3.05, 3.63) is 11.4 Å². The molecule has 1 heterocycles. The first-order valence-electron chi connectivity index (χ1n) is 7.50. The van der Waals surface area contributed by atoms with E-state index in [1.165, 1.54) is 0 Å². The van der Waals surface area contributed by atoms with Crippen LogP contribution in [0.3, 0.4) is 0 Å². The van der Waals surface area contributed by atoms with Crippen LogP contribution < -0.4 is 10.6 Å². The predicted molar refractivity (Wildman–Crippen MR) is 91.0 cm³/mol. The monoisotopic (exact) mass is 296 g/mol. The number of rotatable bonds is 9. The van der Waals surface area contributed by atoms with Gasteiger partial charge in [-0.15, -0.1) is 0 Å². The molecule has 1 rings (SSSR count). The van der Waals surface area contributed by atoms with E-state index in [0.29, 0.717) is 5.25 Å². The highest BCUT2D eigenvalue weighted by molar-refractivity contribution is 7.99. The molecule has 0 aliphatic carbocycles. The fourth-order valence-corrected chi connectivity index (χ4v) is 2.28. The van der Waals surface area contributed by atoms with Gasteiger partial charge in [-0.05, 0) is 32.9 Å². The zero-order chi connectivity index (χ0) is 15.0. The molecule has 0 amide bonds. The van der Waals surface area contributed by atoms with Crippen LogP contribution in [0.25, 0.3) is 0 Å². The normalized spacial score (nSPS) is 12.2. The maximum atomic E-state index is 4.66. The maximum Gasteiger partial charge on any atom is 0.134 e. The van der Waals surface area contributed by atoms with Gasteiger partial charge in [0.25, 0.3) is 0 Å². The Bertz CT molecular complexity index is 409. The van der Waals surface area contributed by atoms with Gasteiger partial charge < -0.3 is 10.6 Å². The molecule has 0 spiro atoms. The van der Waals surface area contributed by atoms with Crippen LogP contribution in [-0.2, 0) is 6.42 Å². The van der Waals surface area contributed by atoms with Crippen molar-refractivity contribution in [2.75, 3.05) is 30.0 Å². The van der Waals surface area contributed by atoms with Crippen LogP contribution >= 0.6 is 11.8 Å². The highest BCUT2D eigenvalue weighted by atomic mass is 32.2. The number of anilines is 2. The summed E-state index contributed by atoms with van der Waals surface area (Å²) < 4.78 is 0. The molecule has 0 radical (unpaired) electrons. The molecule has 1 atom stereocenters. The Morgan fingerprint density at radius 2 is 1.80 bits per heavy atom. The summed E-state index contributed by atoms with van der Waals surface area (Å²) in [4.78, 5) is 9.26. The molecule has 0 aliphatic rings.